The van der Waals surface area contributed by atoms with E-state index in [1.165, 1.54) is 0 Å². The fraction of sp³-hybridized carbons (Fsp3) is 0.579. The second-order valence-electron chi connectivity index (χ2n) is 7.02. The Balaban J connectivity index is 2.72. The van der Waals surface area contributed by atoms with Crippen molar-refractivity contribution in [2.24, 2.45) is 0 Å². The van der Waals surface area contributed by atoms with Crippen molar-refractivity contribution in [2.75, 3.05) is 25.0 Å². The van der Waals surface area contributed by atoms with E-state index in [9.17, 15) is 9.59 Å². The molecule has 2 N–H and O–H groups in total. The summed E-state index contributed by atoms with van der Waals surface area (Å²) in [5, 5.41) is 5.98. The van der Waals surface area contributed by atoms with E-state index in [1.807, 2.05) is 49.9 Å². The molecule has 0 saturated heterocycles. The minimum absolute atomic E-state index is 0.0430. The van der Waals surface area contributed by atoms with Crippen LogP contribution in [-0.4, -0.2) is 41.9 Å². The van der Waals surface area contributed by atoms with Gasteiger partial charge in [-0.25, -0.2) is 0 Å². The van der Waals surface area contributed by atoms with Crippen LogP contribution >= 0.6 is 0 Å². The van der Waals surface area contributed by atoms with E-state index < -0.39 is 0 Å². The van der Waals surface area contributed by atoms with Crippen LogP contribution in [0.3, 0.4) is 0 Å². The van der Waals surface area contributed by atoms with Crippen molar-refractivity contribution in [1.82, 2.24) is 10.2 Å². The van der Waals surface area contributed by atoms with Crippen LogP contribution in [0.4, 0.5) is 5.69 Å². The molecule has 5 nitrogen and oxygen atoms in total. The number of rotatable bonds is 8. The summed E-state index contributed by atoms with van der Waals surface area (Å²) in [5.74, 6) is -0.0284. The Morgan fingerprint density at radius 1 is 1.08 bits per heavy atom. The topological polar surface area (TPSA) is 61.4 Å². The predicted octanol–water partition coefficient (Wildman–Crippen LogP) is 3.28. The number of hydrogen-bond acceptors (Lipinski definition) is 3. The molecule has 1 rings (SSSR count). The lowest BCUT2D eigenvalue weighted by atomic mass is 10.1. The van der Waals surface area contributed by atoms with Gasteiger partial charge in [0.25, 0.3) is 5.91 Å². The van der Waals surface area contributed by atoms with Gasteiger partial charge in [-0.05, 0) is 51.8 Å². The van der Waals surface area contributed by atoms with E-state index in [2.05, 4.69) is 24.5 Å². The van der Waals surface area contributed by atoms with Crippen molar-refractivity contribution in [2.45, 2.75) is 53.0 Å². The third kappa shape index (κ3) is 7.02. The van der Waals surface area contributed by atoms with E-state index in [-0.39, 0.29) is 23.9 Å². The van der Waals surface area contributed by atoms with Gasteiger partial charge in [0.05, 0.1) is 6.54 Å². The largest absolute Gasteiger partial charge is 0.376 e. The van der Waals surface area contributed by atoms with Crippen molar-refractivity contribution in [3.8, 4) is 0 Å². The van der Waals surface area contributed by atoms with Gasteiger partial charge in [-0.2, -0.15) is 0 Å². The Labute approximate surface area is 145 Å². The summed E-state index contributed by atoms with van der Waals surface area (Å²) >= 11 is 0. The fourth-order valence-corrected chi connectivity index (χ4v) is 2.44. The number of nitrogens with one attached hydrogen (secondary N) is 2. The van der Waals surface area contributed by atoms with Crippen LogP contribution in [0.1, 0.15) is 57.8 Å². The summed E-state index contributed by atoms with van der Waals surface area (Å²) in [4.78, 5) is 26.4. The standard InChI is InChI=1S/C19H31N3O2/c1-6-11-22(12-7-2)18(24)15-9-8-10-16(13-15)20-14-17(23)21-19(3,4)5/h8-10,13,20H,6-7,11-12,14H2,1-5H3,(H,21,23). The summed E-state index contributed by atoms with van der Waals surface area (Å²) < 4.78 is 0. The van der Waals surface area contributed by atoms with Crippen LogP contribution in [0.2, 0.25) is 0 Å². The first-order valence-electron chi connectivity index (χ1n) is 8.71. The maximum absolute atomic E-state index is 12.6. The maximum atomic E-state index is 12.6. The van der Waals surface area contributed by atoms with E-state index in [4.69, 9.17) is 0 Å². The molecule has 24 heavy (non-hydrogen) atoms. The van der Waals surface area contributed by atoms with Gasteiger partial charge < -0.3 is 15.5 Å². The molecule has 0 bridgehead atoms. The fourth-order valence-electron chi connectivity index (χ4n) is 2.44. The third-order valence-corrected chi connectivity index (χ3v) is 3.35. The third-order valence-electron chi connectivity index (χ3n) is 3.35. The molecule has 0 unspecified atom stereocenters. The van der Waals surface area contributed by atoms with E-state index in [1.54, 1.807) is 0 Å². The van der Waals surface area contributed by atoms with E-state index in [0.29, 0.717) is 5.56 Å². The van der Waals surface area contributed by atoms with E-state index >= 15 is 0 Å². The molecule has 0 radical (unpaired) electrons. The summed E-state index contributed by atoms with van der Waals surface area (Å²) in [5.41, 5.74) is 1.17. The van der Waals surface area contributed by atoms with Gasteiger partial charge in [0.1, 0.15) is 0 Å². The molecule has 2 amide bonds. The highest BCUT2D eigenvalue weighted by atomic mass is 16.2. The van der Waals surface area contributed by atoms with Crippen LogP contribution in [0, 0.1) is 0 Å². The molecule has 0 spiro atoms. The average Bonchev–Trinajstić information content (AvgIpc) is 2.51. The van der Waals surface area contributed by atoms with Gasteiger partial charge in [0, 0.05) is 29.9 Å². The highest BCUT2D eigenvalue weighted by Crippen LogP contribution is 2.13. The highest BCUT2D eigenvalue weighted by molar-refractivity contribution is 5.95. The minimum Gasteiger partial charge on any atom is -0.376 e. The zero-order chi connectivity index (χ0) is 18.2. The van der Waals surface area contributed by atoms with Crippen LogP contribution in [0.25, 0.3) is 0 Å². The Morgan fingerprint density at radius 2 is 1.71 bits per heavy atom. The van der Waals surface area contributed by atoms with Gasteiger partial charge in [-0.15, -0.1) is 0 Å². The van der Waals surface area contributed by atoms with Crippen molar-refractivity contribution in [3.63, 3.8) is 0 Å². The molecular formula is C19H31N3O2. The average molecular weight is 333 g/mol. The Bertz CT molecular complexity index is 544. The molecule has 0 saturated carbocycles. The predicted molar refractivity (Wildman–Crippen MR) is 99.3 cm³/mol. The minimum atomic E-state index is -0.253. The number of carbonyl (C=O) groups excluding carboxylic acids is 2. The molecule has 0 atom stereocenters. The Kier molecular flexibility index (Phi) is 7.75. The lowest BCUT2D eigenvalue weighted by Gasteiger charge is -2.22. The second kappa shape index (κ2) is 9.30. The summed E-state index contributed by atoms with van der Waals surface area (Å²) in [6, 6.07) is 7.34. The van der Waals surface area contributed by atoms with Gasteiger partial charge in [0.2, 0.25) is 5.91 Å². The van der Waals surface area contributed by atoms with Gasteiger partial charge in [0.15, 0.2) is 0 Å². The Morgan fingerprint density at radius 3 is 2.25 bits per heavy atom. The first-order valence-corrected chi connectivity index (χ1v) is 8.71. The molecule has 0 heterocycles. The number of nitrogens with zero attached hydrogens (tertiary/aromatic N) is 1. The highest BCUT2D eigenvalue weighted by Gasteiger charge is 2.15. The first kappa shape index (κ1) is 20.0. The van der Waals surface area contributed by atoms with Crippen molar-refractivity contribution < 1.29 is 9.59 Å². The van der Waals surface area contributed by atoms with Crippen molar-refractivity contribution in [1.29, 1.82) is 0 Å². The lowest BCUT2D eigenvalue weighted by Crippen LogP contribution is -2.43. The van der Waals surface area contributed by atoms with Crippen molar-refractivity contribution >= 4 is 17.5 Å². The molecule has 0 fully saturated rings. The molecule has 0 aliphatic heterocycles. The Hall–Kier alpha value is -2.04. The molecule has 1 aromatic rings. The summed E-state index contributed by atoms with van der Waals surface area (Å²) in [7, 11) is 0. The first-order chi connectivity index (χ1) is 11.3. The monoisotopic (exact) mass is 333 g/mol. The molecule has 0 aliphatic carbocycles. The number of carbonyl (C=O) groups is 2. The van der Waals surface area contributed by atoms with Crippen LogP contribution < -0.4 is 10.6 Å². The maximum Gasteiger partial charge on any atom is 0.253 e. The summed E-state index contributed by atoms with van der Waals surface area (Å²) in [6.07, 6.45) is 1.88. The van der Waals surface area contributed by atoms with Crippen LogP contribution in [0.15, 0.2) is 24.3 Å². The van der Waals surface area contributed by atoms with Crippen LogP contribution in [0.5, 0.6) is 0 Å². The number of anilines is 1. The molecule has 1 aromatic carbocycles. The molecular weight excluding hydrogens is 302 g/mol. The number of hydrogen-bond donors (Lipinski definition) is 2. The molecule has 0 aliphatic rings. The summed E-state index contributed by atoms with van der Waals surface area (Å²) in [6.45, 7) is 11.7. The molecule has 5 heteroatoms. The molecule has 134 valence electrons. The van der Waals surface area contributed by atoms with Crippen molar-refractivity contribution in [3.05, 3.63) is 29.8 Å². The van der Waals surface area contributed by atoms with Gasteiger partial charge >= 0.3 is 0 Å². The van der Waals surface area contributed by atoms with Gasteiger partial charge in [-0.1, -0.05) is 19.9 Å². The molecule has 0 aromatic heterocycles. The zero-order valence-electron chi connectivity index (χ0n) is 15.6. The smallest absolute Gasteiger partial charge is 0.253 e. The second-order valence-corrected chi connectivity index (χ2v) is 7.02. The lowest BCUT2D eigenvalue weighted by molar-refractivity contribution is -0.120. The SMILES string of the molecule is CCCN(CCC)C(=O)c1cccc(NCC(=O)NC(C)(C)C)c1. The number of benzene rings is 1. The zero-order valence-corrected chi connectivity index (χ0v) is 15.6. The van der Waals surface area contributed by atoms with Crippen LogP contribution in [-0.2, 0) is 4.79 Å². The number of amides is 2. The van der Waals surface area contributed by atoms with E-state index in [0.717, 1.165) is 31.6 Å². The normalized spacial score (nSPS) is 11.0. The van der Waals surface area contributed by atoms with Gasteiger partial charge in [-0.3, -0.25) is 9.59 Å². The quantitative estimate of drug-likeness (QED) is 0.767.